The number of anilines is 1. The quantitative estimate of drug-likeness (QED) is 0.848. The van der Waals surface area contributed by atoms with Crippen LogP contribution < -0.4 is 4.90 Å². The van der Waals surface area contributed by atoms with Crippen molar-refractivity contribution in [1.29, 1.82) is 0 Å². The first kappa shape index (κ1) is 17.4. The number of carboxylic acid groups (broad SMARTS) is 1. The molecule has 3 rings (SSSR count). The molecule has 2 aliphatic heterocycles. The Balaban J connectivity index is 1.86. The minimum Gasteiger partial charge on any atom is -0.481 e. The normalized spacial score (nSPS) is 20.0. The maximum Gasteiger partial charge on any atom is 0.303 e. The SMILES string of the molecule is CC(CC(=O)O)CC(=O)N1CC2(CCOCC2)c2ccc(Br)cc21. The van der Waals surface area contributed by atoms with Crippen LogP contribution >= 0.6 is 15.9 Å². The van der Waals surface area contributed by atoms with E-state index in [1.54, 1.807) is 0 Å². The minimum absolute atomic E-state index is 0.00599. The summed E-state index contributed by atoms with van der Waals surface area (Å²) in [5, 5.41) is 8.91. The monoisotopic (exact) mass is 395 g/mol. The van der Waals surface area contributed by atoms with Crippen LogP contribution in [0.3, 0.4) is 0 Å². The molecule has 1 spiro atoms. The molecule has 6 heteroatoms. The van der Waals surface area contributed by atoms with E-state index < -0.39 is 5.97 Å². The first-order valence-electron chi connectivity index (χ1n) is 8.31. The number of aliphatic carboxylic acids is 1. The van der Waals surface area contributed by atoms with Crippen molar-refractivity contribution in [3.05, 3.63) is 28.2 Å². The fraction of sp³-hybridized carbons (Fsp3) is 0.556. The van der Waals surface area contributed by atoms with Gasteiger partial charge in [-0.25, -0.2) is 0 Å². The number of fused-ring (bicyclic) bond motifs is 2. The number of carbonyl (C=O) groups excluding carboxylic acids is 1. The number of rotatable bonds is 4. The van der Waals surface area contributed by atoms with Gasteiger partial charge in [-0.05, 0) is 36.5 Å². The van der Waals surface area contributed by atoms with Crippen LogP contribution in [0.1, 0.15) is 38.2 Å². The number of benzene rings is 1. The number of hydrogen-bond acceptors (Lipinski definition) is 3. The van der Waals surface area contributed by atoms with E-state index in [-0.39, 0.29) is 30.1 Å². The summed E-state index contributed by atoms with van der Waals surface area (Å²) in [4.78, 5) is 25.5. The van der Waals surface area contributed by atoms with E-state index in [2.05, 4.69) is 22.0 Å². The summed E-state index contributed by atoms with van der Waals surface area (Å²) < 4.78 is 6.47. The van der Waals surface area contributed by atoms with Gasteiger partial charge >= 0.3 is 5.97 Å². The summed E-state index contributed by atoms with van der Waals surface area (Å²) in [6.45, 7) is 3.91. The first-order chi connectivity index (χ1) is 11.4. The van der Waals surface area contributed by atoms with Crippen LogP contribution in [0.5, 0.6) is 0 Å². The molecule has 1 fully saturated rings. The van der Waals surface area contributed by atoms with Gasteiger partial charge in [-0.2, -0.15) is 0 Å². The van der Waals surface area contributed by atoms with Crippen LogP contribution in [0, 0.1) is 5.92 Å². The van der Waals surface area contributed by atoms with Gasteiger partial charge in [-0.1, -0.05) is 28.9 Å². The molecule has 130 valence electrons. The lowest BCUT2D eigenvalue weighted by Gasteiger charge is -2.34. The summed E-state index contributed by atoms with van der Waals surface area (Å²) in [5.74, 6) is -1.02. The Hall–Kier alpha value is -1.40. The number of ether oxygens (including phenoxy) is 1. The molecular weight excluding hydrogens is 374 g/mol. The van der Waals surface area contributed by atoms with E-state index in [4.69, 9.17) is 9.84 Å². The van der Waals surface area contributed by atoms with Gasteiger partial charge in [0.05, 0.1) is 0 Å². The number of carbonyl (C=O) groups is 2. The second-order valence-corrected chi connectivity index (χ2v) is 7.86. The highest BCUT2D eigenvalue weighted by Crippen LogP contribution is 2.47. The molecule has 24 heavy (non-hydrogen) atoms. The van der Waals surface area contributed by atoms with Crippen molar-refractivity contribution < 1.29 is 19.4 Å². The average molecular weight is 396 g/mol. The molecule has 0 aromatic heterocycles. The lowest BCUT2D eigenvalue weighted by atomic mass is 9.76. The molecular formula is C18H22BrNO4. The van der Waals surface area contributed by atoms with Gasteiger partial charge in [-0.15, -0.1) is 0 Å². The largest absolute Gasteiger partial charge is 0.481 e. The van der Waals surface area contributed by atoms with Crippen molar-refractivity contribution >= 4 is 33.5 Å². The zero-order chi connectivity index (χ0) is 17.3. The number of hydrogen-bond donors (Lipinski definition) is 1. The second kappa shape index (κ2) is 6.84. The highest BCUT2D eigenvalue weighted by molar-refractivity contribution is 9.10. The zero-order valence-corrected chi connectivity index (χ0v) is 15.3. The second-order valence-electron chi connectivity index (χ2n) is 6.94. The molecule has 1 N–H and O–H groups in total. The first-order valence-corrected chi connectivity index (χ1v) is 9.10. The summed E-state index contributed by atoms with van der Waals surface area (Å²) in [7, 11) is 0. The van der Waals surface area contributed by atoms with Gasteiger partial charge in [0.25, 0.3) is 0 Å². The maximum absolute atomic E-state index is 12.8. The van der Waals surface area contributed by atoms with Gasteiger partial charge in [-0.3, -0.25) is 9.59 Å². The van der Waals surface area contributed by atoms with Crippen LogP contribution in [0.25, 0.3) is 0 Å². The van der Waals surface area contributed by atoms with E-state index in [1.165, 1.54) is 5.56 Å². The predicted molar refractivity (Wildman–Crippen MR) is 94.3 cm³/mol. The number of amides is 1. The smallest absolute Gasteiger partial charge is 0.303 e. The van der Waals surface area contributed by atoms with Gasteiger partial charge in [0.2, 0.25) is 5.91 Å². The third-order valence-electron chi connectivity index (χ3n) is 5.08. The van der Waals surface area contributed by atoms with Crippen molar-refractivity contribution in [1.82, 2.24) is 0 Å². The van der Waals surface area contributed by atoms with Crippen LogP contribution in [-0.4, -0.2) is 36.7 Å². The molecule has 1 aromatic rings. The zero-order valence-electron chi connectivity index (χ0n) is 13.8. The highest BCUT2D eigenvalue weighted by atomic mass is 79.9. The Kier molecular flexibility index (Phi) is 4.97. The number of carboxylic acids is 1. The molecule has 2 heterocycles. The van der Waals surface area contributed by atoms with Crippen LogP contribution in [0.15, 0.2) is 22.7 Å². The molecule has 2 aliphatic rings. The Labute approximate surface area is 150 Å². The molecule has 1 amide bonds. The Bertz CT molecular complexity index is 654. The summed E-state index contributed by atoms with van der Waals surface area (Å²) in [6, 6.07) is 6.13. The Morgan fingerprint density at radius 1 is 1.33 bits per heavy atom. The standard InChI is InChI=1S/C18H22BrNO4/c1-12(9-17(22)23)8-16(21)20-11-18(4-6-24-7-5-18)14-3-2-13(19)10-15(14)20/h2-3,10,12H,4-9,11H2,1H3,(H,22,23). The average Bonchev–Trinajstić information content (AvgIpc) is 2.81. The van der Waals surface area contributed by atoms with Crippen molar-refractivity contribution in [3.8, 4) is 0 Å². The van der Waals surface area contributed by atoms with Gasteiger partial charge in [0.1, 0.15) is 0 Å². The van der Waals surface area contributed by atoms with Crippen LogP contribution in [-0.2, 0) is 19.7 Å². The van der Waals surface area contributed by atoms with E-state index in [1.807, 2.05) is 24.0 Å². The van der Waals surface area contributed by atoms with E-state index in [0.717, 1.165) is 23.0 Å². The molecule has 1 aromatic carbocycles. The van der Waals surface area contributed by atoms with Crippen molar-refractivity contribution in [2.75, 3.05) is 24.7 Å². The van der Waals surface area contributed by atoms with E-state index in [9.17, 15) is 9.59 Å². The van der Waals surface area contributed by atoms with E-state index in [0.29, 0.717) is 19.8 Å². The molecule has 0 saturated carbocycles. The lowest BCUT2D eigenvalue weighted by Crippen LogP contribution is -2.41. The molecule has 1 atom stereocenters. The summed E-state index contributed by atoms with van der Waals surface area (Å²) >= 11 is 3.50. The topological polar surface area (TPSA) is 66.8 Å². The molecule has 1 saturated heterocycles. The Morgan fingerprint density at radius 3 is 2.71 bits per heavy atom. The predicted octanol–water partition coefficient (Wildman–Crippen LogP) is 3.34. The molecule has 0 aliphatic carbocycles. The number of nitrogens with zero attached hydrogens (tertiary/aromatic N) is 1. The third kappa shape index (κ3) is 3.35. The highest BCUT2D eigenvalue weighted by Gasteiger charge is 2.45. The van der Waals surface area contributed by atoms with E-state index >= 15 is 0 Å². The fourth-order valence-electron chi connectivity index (χ4n) is 3.84. The van der Waals surface area contributed by atoms with Crippen molar-refractivity contribution in [2.24, 2.45) is 5.92 Å². The molecule has 5 nitrogen and oxygen atoms in total. The van der Waals surface area contributed by atoms with Gasteiger partial charge in [0, 0.05) is 48.2 Å². The van der Waals surface area contributed by atoms with Crippen molar-refractivity contribution in [2.45, 2.75) is 38.0 Å². The maximum atomic E-state index is 12.8. The molecule has 0 bridgehead atoms. The summed E-state index contributed by atoms with van der Waals surface area (Å²) in [5.41, 5.74) is 2.15. The van der Waals surface area contributed by atoms with Gasteiger partial charge < -0.3 is 14.7 Å². The molecule has 1 unspecified atom stereocenters. The van der Waals surface area contributed by atoms with Crippen LogP contribution in [0.2, 0.25) is 0 Å². The fourth-order valence-corrected chi connectivity index (χ4v) is 4.19. The summed E-state index contributed by atoms with van der Waals surface area (Å²) in [6.07, 6.45) is 2.10. The van der Waals surface area contributed by atoms with Crippen LogP contribution in [0.4, 0.5) is 5.69 Å². The van der Waals surface area contributed by atoms with Gasteiger partial charge in [0.15, 0.2) is 0 Å². The third-order valence-corrected chi connectivity index (χ3v) is 5.57. The lowest BCUT2D eigenvalue weighted by molar-refractivity contribution is -0.138. The van der Waals surface area contributed by atoms with Crippen molar-refractivity contribution in [3.63, 3.8) is 0 Å². The molecule has 0 radical (unpaired) electrons. The minimum atomic E-state index is -0.860. The Morgan fingerprint density at radius 2 is 2.04 bits per heavy atom. The number of halogens is 1.